The van der Waals surface area contributed by atoms with Crippen LogP contribution >= 0.6 is 27.3 Å². The molecular weight excluding hydrogens is 399 g/mol. The monoisotopic (exact) mass is 408 g/mol. The van der Waals surface area contributed by atoms with E-state index in [1.807, 2.05) is 0 Å². The molecule has 24 heavy (non-hydrogen) atoms. The number of fused-ring (bicyclic) bond motifs is 1. The number of aromatic nitrogens is 2. The molecule has 0 aliphatic rings. The molecule has 2 heterocycles. The minimum absolute atomic E-state index is 0.175. The number of rotatable bonds is 4. The summed E-state index contributed by atoms with van der Waals surface area (Å²) in [4.78, 5) is 30.3. The van der Waals surface area contributed by atoms with E-state index in [9.17, 15) is 14.0 Å². The predicted molar refractivity (Wildman–Crippen MR) is 93.2 cm³/mol. The summed E-state index contributed by atoms with van der Waals surface area (Å²) in [7, 11) is 0. The van der Waals surface area contributed by atoms with Gasteiger partial charge in [-0.05, 0) is 35.7 Å². The van der Waals surface area contributed by atoms with Crippen LogP contribution in [-0.4, -0.2) is 15.9 Å². The molecule has 0 saturated heterocycles. The van der Waals surface area contributed by atoms with Crippen molar-refractivity contribution >= 4 is 49.5 Å². The zero-order valence-electron chi connectivity index (χ0n) is 12.1. The highest BCUT2D eigenvalue weighted by molar-refractivity contribution is 9.10. The van der Waals surface area contributed by atoms with Gasteiger partial charge >= 0.3 is 5.97 Å². The lowest BCUT2D eigenvalue weighted by Gasteiger charge is -2.02. The fourth-order valence-electron chi connectivity index (χ4n) is 1.98. The lowest BCUT2D eigenvalue weighted by atomic mass is 10.2. The van der Waals surface area contributed by atoms with Crippen LogP contribution in [0.5, 0.6) is 0 Å². The van der Waals surface area contributed by atoms with Gasteiger partial charge in [-0.1, -0.05) is 15.9 Å². The van der Waals surface area contributed by atoms with E-state index in [4.69, 9.17) is 4.74 Å². The number of carbonyl (C=O) groups is 1. The van der Waals surface area contributed by atoms with Crippen molar-refractivity contribution in [3.8, 4) is 0 Å². The Morgan fingerprint density at radius 1 is 1.42 bits per heavy atom. The highest BCUT2D eigenvalue weighted by atomic mass is 79.9. The van der Waals surface area contributed by atoms with E-state index in [-0.39, 0.29) is 23.6 Å². The Hall–Kier alpha value is -2.32. The van der Waals surface area contributed by atoms with Crippen LogP contribution in [0.3, 0.4) is 0 Å². The molecule has 0 saturated carbocycles. The highest BCUT2D eigenvalue weighted by Crippen LogP contribution is 2.17. The van der Waals surface area contributed by atoms with E-state index in [0.29, 0.717) is 14.7 Å². The number of carbonyl (C=O) groups excluding carboxylic acids is 1. The second-order valence-electron chi connectivity index (χ2n) is 4.75. The number of aromatic amines is 1. The van der Waals surface area contributed by atoms with E-state index in [1.165, 1.54) is 23.5 Å². The van der Waals surface area contributed by atoms with Crippen molar-refractivity contribution < 1.29 is 13.9 Å². The first-order chi connectivity index (χ1) is 11.5. The topological polar surface area (TPSA) is 72.0 Å². The molecule has 0 unspecified atom stereocenters. The number of hydrogen-bond acceptors (Lipinski definition) is 5. The van der Waals surface area contributed by atoms with Crippen LogP contribution in [0.15, 0.2) is 45.0 Å². The number of thiophene rings is 1. The maximum absolute atomic E-state index is 13.6. The fourth-order valence-corrected chi connectivity index (χ4v) is 3.08. The minimum atomic E-state index is -0.664. The van der Waals surface area contributed by atoms with Crippen LogP contribution in [0.25, 0.3) is 16.3 Å². The van der Waals surface area contributed by atoms with Gasteiger partial charge in [0.1, 0.15) is 22.9 Å². The van der Waals surface area contributed by atoms with E-state index < -0.39 is 11.8 Å². The molecular formula is C16H10BrFN2O3S. The average molecular weight is 409 g/mol. The highest BCUT2D eigenvalue weighted by Gasteiger charge is 2.07. The number of benzene rings is 1. The average Bonchev–Trinajstić information content (AvgIpc) is 3.03. The largest absolute Gasteiger partial charge is 0.454 e. The normalized spacial score (nSPS) is 11.2. The number of hydrogen-bond donors (Lipinski definition) is 1. The third-order valence-corrected chi connectivity index (χ3v) is 4.47. The van der Waals surface area contributed by atoms with Gasteiger partial charge in [0.05, 0.1) is 5.52 Å². The zero-order valence-corrected chi connectivity index (χ0v) is 14.5. The first kappa shape index (κ1) is 16.5. The van der Waals surface area contributed by atoms with Gasteiger partial charge in [0, 0.05) is 16.1 Å². The quantitative estimate of drug-likeness (QED) is 0.528. The Balaban J connectivity index is 1.67. The molecule has 2 aromatic heterocycles. The molecule has 0 radical (unpaired) electrons. The first-order valence-corrected chi connectivity index (χ1v) is 8.46. The summed E-state index contributed by atoms with van der Waals surface area (Å²) >= 11 is 4.52. The molecule has 8 heteroatoms. The number of esters is 1. The Morgan fingerprint density at radius 2 is 2.25 bits per heavy atom. The van der Waals surface area contributed by atoms with Gasteiger partial charge in [0.2, 0.25) is 0 Å². The molecule has 0 spiro atoms. The standard InChI is InChI=1S/C16H10BrFN2O3S/c17-10-2-3-11(18)9(7-10)1-4-14(21)23-8-13-19-12-5-6-24-15(12)16(22)20-13/h1-7H,8H2,(H,19,20,22)/b4-1+. The Kier molecular flexibility index (Phi) is 4.86. The number of nitrogens with one attached hydrogen (secondary N) is 1. The summed E-state index contributed by atoms with van der Waals surface area (Å²) in [5, 5.41) is 1.76. The van der Waals surface area contributed by atoms with Crippen LogP contribution in [0, 0.1) is 5.82 Å². The van der Waals surface area contributed by atoms with Crippen LogP contribution in [0.2, 0.25) is 0 Å². The maximum atomic E-state index is 13.6. The van der Waals surface area contributed by atoms with Crippen molar-refractivity contribution in [2.75, 3.05) is 0 Å². The van der Waals surface area contributed by atoms with Crippen LogP contribution in [0.4, 0.5) is 4.39 Å². The lowest BCUT2D eigenvalue weighted by Crippen LogP contribution is -2.12. The summed E-state index contributed by atoms with van der Waals surface area (Å²) in [5.41, 5.74) is 0.543. The molecule has 122 valence electrons. The SMILES string of the molecule is O=C(/C=C/c1cc(Br)ccc1F)OCc1nc2ccsc2c(=O)[nH]1. The first-order valence-electron chi connectivity index (χ1n) is 6.79. The van der Waals surface area contributed by atoms with Crippen molar-refractivity contribution in [2.45, 2.75) is 6.61 Å². The third kappa shape index (κ3) is 3.77. The van der Waals surface area contributed by atoms with Gasteiger partial charge in [0.15, 0.2) is 0 Å². The van der Waals surface area contributed by atoms with Gasteiger partial charge in [-0.2, -0.15) is 0 Å². The van der Waals surface area contributed by atoms with Gasteiger partial charge < -0.3 is 9.72 Å². The number of H-pyrrole nitrogens is 1. The van der Waals surface area contributed by atoms with Crippen LogP contribution in [-0.2, 0) is 16.1 Å². The second kappa shape index (κ2) is 7.06. The van der Waals surface area contributed by atoms with Gasteiger partial charge in [-0.3, -0.25) is 4.79 Å². The minimum Gasteiger partial charge on any atom is -0.454 e. The molecule has 0 amide bonds. The van der Waals surface area contributed by atoms with E-state index >= 15 is 0 Å². The number of ether oxygens (including phenoxy) is 1. The molecule has 3 rings (SSSR count). The summed E-state index contributed by atoms with van der Waals surface area (Å²) in [6.07, 6.45) is 2.44. The summed E-state index contributed by atoms with van der Waals surface area (Å²) in [5.74, 6) is -0.861. The Labute approximate surface area is 147 Å². The molecule has 0 fully saturated rings. The summed E-state index contributed by atoms with van der Waals surface area (Å²) in [6.45, 7) is -0.175. The smallest absolute Gasteiger partial charge is 0.331 e. The number of halogens is 2. The molecule has 0 bridgehead atoms. The van der Waals surface area contributed by atoms with Gasteiger partial charge in [0.25, 0.3) is 5.56 Å². The lowest BCUT2D eigenvalue weighted by molar-refractivity contribution is -0.139. The van der Waals surface area contributed by atoms with Crippen LogP contribution in [0.1, 0.15) is 11.4 Å². The van der Waals surface area contributed by atoms with E-state index in [2.05, 4.69) is 25.9 Å². The van der Waals surface area contributed by atoms with Crippen molar-refractivity contribution in [1.82, 2.24) is 9.97 Å². The molecule has 1 N–H and O–H groups in total. The molecule has 0 atom stereocenters. The van der Waals surface area contributed by atoms with Crippen LogP contribution < -0.4 is 5.56 Å². The predicted octanol–water partition coefficient (Wildman–Crippen LogP) is 3.64. The summed E-state index contributed by atoms with van der Waals surface area (Å²) < 4.78 is 19.8. The van der Waals surface area contributed by atoms with Crippen molar-refractivity contribution in [3.05, 3.63) is 67.8 Å². The van der Waals surface area contributed by atoms with E-state index in [1.54, 1.807) is 23.6 Å². The van der Waals surface area contributed by atoms with Gasteiger partial charge in [-0.15, -0.1) is 11.3 Å². The molecule has 5 nitrogen and oxygen atoms in total. The van der Waals surface area contributed by atoms with E-state index in [0.717, 1.165) is 6.08 Å². The molecule has 1 aromatic carbocycles. The maximum Gasteiger partial charge on any atom is 0.331 e. The molecule has 0 aliphatic heterocycles. The Bertz CT molecular complexity index is 996. The number of nitrogens with zero attached hydrogens (tertiary/aromatic N) is 1. The molecule has 0 aliphatic carbocycles. The van der Waals surface area contributed by atoms with Crippen molar-refractivity contribution in [2.24, 2.45) is 0 Å². The second-order valence-corrected chi connectivity index (χ2v) is 6.59. The fraction of sp³-hybridized carbons (Fsp3) is 0.0625. The summed E-state index contributed by atoms with van der Waals surface area (Å²) in [6, 6.07) is 6.12. The third-order valence-electron chi connectivity index (χ3n) is 3.07. The zero-order chi connectivity index (χ0) is 17.1. The van der Waals surface area contributed by atoms with Gasteiger partial charge in [-0.25, -0.2) is 14.2 Å². The van der Waals surface area contributed by atoms with Crippen molar-refractivity contribution in [1.29, 1.82) is 0 Å². The van der Waals surface area contributed by atoms with Crippen molar-refractivity contribution in [3.63, 3.8) is 0 Å². The molecule has 3 aromatic rings. The Morgan fingerprint density at radius 3 is 3.08 bits per heavy atom.